The van der Waals surface area contributed by atoms with Crippen molar-refractivity contribution in [2.45, 2.75) is 46.8 Å². The Balaban J connectivity index is 1.40. The molecule has 1 aliphatic heterocycles. The standard InChI is InChI=1S/C28H36FN7O3/c1-18(2)30-10-11-35(17-27(38)34(5)36-15-22-8-9-24(29)12-23(22)16-36)26(37)14-31-25-13-21(7-6-19(25)3)28-32-20(4)39-33-28/h6-9,12-13,18,30-31H,10-11,14-17H2,1-5H3. The fourth-order valence-electron chi connectivity index (χ4n) is 4.41. The molecule has 1 aromatic heterocycles. The van der Waals surface area contributed by atoms with Gasteiger partial charge in [0.2, 0.25) is 17.6 Å². The van der Waals surface area contributed by atoms with Crippen LogP contribution in [0.1, 0.15) is 36.4 Å². The molecule has 4 rings (SSSR count). The number of amides is 2. The molecule has 0 radical (unpaired) electrons. The third kappa shape index (κ3) is 7.18. The lowest BCUT2D eigenvalue weighted by atomic mass is 10.1. The highest BCUT2D eigenvalue weighted by Gasteiger charge is 2.27. The molecule has 11 heteroatoms. The summed E-state index contributed by atoms with van der Waals surface area (Å²) in [4.78, 5) is 32.4. The van der Waals surface area contributed by atoms with E-state index in [-0.39, 0.29) is 36.8 Å². The summed E-state index contributed by atoms with van der Waals surface area (Å²) in [6, 6.07) is 10.6. The maximum atomic E-state index is 13.6. The number of fused-ring (bicyclic) bond motifs is 1. The van der Waals surface area contributed by atoms with E-state index in [1.807, 2.05) is 44.0 Å². The summed E-state index contributed by atoms with van der Waals surface area (Å²) in [5, 5.41) is 13.9. The van der Waals surface area contributed by atoms with Gasteiger partial charge in [0.1, 0.15) is 12.4 Å². The Morgan fingerprint density at radius 1 is 1.10 bits per heavy atom. The molecule has 2 amide bonds. The summed E-state index contributed by atoms with van der Waals surface area (Å²) in [6.07, 6.45) is 0. The Kier molecular flexibility index (Phi) is 8.93. The number of carbonyl (C=O) groups excluding carboxylic acids is 2. The number of hydrazine groups is 1. The Morgan fingerprint density at radius 2 is 1.87 bits per heavy atom. The van der Waals surface area contributed by atoms with E-state index < -0.39 is 0 Å². The van der Waals surface area contributed by atoms with Crippen LogP contribution in [-0.2, 0) is 22.7 Å². The van der Waals surface area contributed by atoms with E-state index in [2.05, 4.69) is 20.8 Å². The van der Waals surface area contributed by atoms with Gasteiger partial charge in [0.15, 0.2) is 0 Å². The molecule has 10 nitrogen and oxygen atoms in total. The van der Waals surface area contributed by atoms with Crippen LogP contribution in [0, 0.1) is 19.7 Å². The van der Waals surface area contributed by atoms with Gasteiger partial charge in [-0.05, 0) is 41.8 Å². The van der Waals surface area contributed by atoms with Gasteiger partial charge in [-0.15, -0.1) is 0 Å². The molecule has 0 aliphatic carbocycles. The maximum Gasteiger partial charge on any atom is 0.256 e. The van der Waals surface area contributed by atoms with Crippen LogP contribution in [0.2, 0.25) is 0 Å². The fraction of sp³-hybridized carbons (Fsp3) is 0.429. The molecule has 39 heavy (non-hydrogen) atoms. The van der Waals surface area contributed by atoms with Gasteiger partial charge in [0.05, 0.1) is 6.54 Å². The van der Waals surface area contributed by atoms with Crippen LogP contribution in [-0.4, -0.2) is 76.1 Å². The van der Waals surface area contributed by atoms with Crippen LogP contribution in [0.25, 0.3) is 11.4 Å². The van der Waals surface area contributed by atoms with Crippen LogP contribution in [0.15, 0.2) is 40.9 Å². The lowest BCUT2D eigenvalue weighted by molar-refractivity contribution is -0.151. The van der Waals surface area contributed by atoms with Crippen molar-refractivity contribution < 1.29 is 18.5 Å². The van der Waals surface area contributed by atoms with Crippen LogP contribution in [0.4, 0.5) is 10.1 Å². The number of hydrogen-bond acceptors (Lipinski definition) is 8. The maximum absolute atomic E-state index is 13.6. The normalized spacial score (nSPS) is 13.0. The summed E-state index contributed by atoms with van der Waals surface area (Å²) in [5.74, 6) is 0.241. The van der Waals surface area contributed by atoms with Gasteiger partial charge >= 0.3 is 0 Å². The molecule has 1 aliphatic rings. The number of nitrogens with zero attached hydrogens (tertiary/aromatic N) is 5. The second kappa shape index (κ2) is 12.4. The average molecular weight is 538 g/mol. The number of halogens is 1. The van der Waals surface area contributed by atoms with E-state index in [0.29, 0.717) is 37.9 Å². The molecule has 0 atom stereocenters. The van der Waals surface area contributed by atoms with Crippen molar-refractivity contribution in [2.75, 3.05) is 38.5 Å². The number of nitrogens with one attached hydrogen (secondary N) is 2. The van der Waals surface area contributed by atoms with Crippen molar-refractivity contribution in [3.63, 3.8) is 0 Å². The number of anilines is 1. The molecule has 3 aromatic rings. The van der Waals surface area contributed by atoms with Crippen LogP contribution < -0.4 is 10.6 Å². The molecule has 2 N–H and O–H groups in total. The van der Waals surface area contributed by atoms with Crippen molar-refractivity contribution in [1.29, 1.82) is 0 Å². The predicted molar refractivity (Wildman–Crippen MR) is 146 cm³/mol. The van der Waals surface area contributed by atoms with Crippen molar-refractivity contribution in [1.82, 2.24) is 30.4 Å². The molecular formula is C28H36FN7O3. The molecule has 0 spiro atoms. The molecule has 2 aromatic carbocycles. The summed E-state index contributed by atoms with van der Waals surface area (Å²) in [6.45, 7) is 9.57. The van der Waals surface area contributed by atoms with Gasteiger partial charge in [-0.3, -0.25) is 14.6 Å². The SMILES string of the molecule is Cc1nc(-c2ccc(C)c(NCC(=O)N(CCNC(C)C)CC(=O)N(C)N3Cc4ccc(F)cc4C3)c2)no1. The van der Waals surface area contributed by atoms with Gasteiger partial charge in [-0.1, -0.05) is 37.2 Å². The minimum Gasteiger partial charge on any atom is -0.376 e. The van der Waals surface area contributed by atoms with E-state index in [1.54, 1.807) is 24.9 Å². The summed E-state index contributed by atoms with van der Waals surface area (Å²) in [7, 11) is 1.69. The number of rotatable bonds is 11. The zero-order valence-electron chi connectivity index (χ0n) is 23.1. The Labute approximate surface area is 228 Å². The third-order valence-electron chi connectivity index (χ3n) is 6.73. The highest BCUT2D eigenvalue weighted by atomic mass is 19.1. The Morgan fingerprint density at radius 3 is 2.59 bits per heavy atom. The second-order valence-electron chi connectivity index (χ2n) is 10.1. The molecule has 2 heterocycles. The Bertz CT molecular complexity index is 1330. The molecule has 0 saturated heterocycles. The molecular weight excluding hydrogens is 501 g/mol. The lowest BCUT2D eigenvalue weighted by Crippen LogP contribution is -2.49. The smallest absolute Gasteiger partial charge is 0.256 e. The van der Waals surface area contributed by atoms with Gasteiger partial charge in [0.25, 0.3) is 5.91 Å². The first-order valence-corrected chi connectivity index (χ1v) is 13.1. The number of hydrogen-bond donors (Lipinski definition) is 2. The van der Waals surface area contributed by atoms with E-state index in [1.165, 1.54) is 17.1 Å². The van der Waals surface area contributed by atoms with Crippen LogP contribution in [0.3, 0.4) is 0 Å². The number of aromatic nitrogens is 2. The molecule has 0 fully saturated rings. The predicted octanol–water partition coefficient (Wildman–Crippen LogP) is 3.12. The third-order valence-corrected chi connectivity index (χ3v) is 6.73. The first-order chi connectivity index (χ1) is 18.6. The molecule has 0 bridgehead atoms. The second-order valence-corrected chi connectivity index (χ2v) is 10.1. The van der Waals surface area contributed by atoms with E-state index in [4.69, 9.17) is 4.52 Å². The van der Waals surface area contributed by atoms with Crippen molar-refractivity contribution in [2.24, 2.45) is 0 Å². The monoisotopic (exact) mass is 537 g/mol. The zero-order valence-corrected chi connectivity index (χ0v) is 23.1. The van der Waals surface area contributed by atoms with E-state index >= 15 is 0 Å². The average Bonchev–Trinajstić information content (AvgIpc) is 3.52. The van der Waals surface area contributed by atoms with Gasteiger partial charge in [-0.2, -0.15) is 4.98 Å². The molecule has 0 saturated carbocycles. The first kappa shape index (κ1) is 28.2. The van der Waals surface area contributed by atoms with Crippen LogP contribution in [0.5, 0.6) is 0 Å². The zero-order chi connectivity index (χ0) is 28.1. The summed E-state index contributed by atoms with van der Waals surface area (Å²) >= 11 is 0. The highest BCUT2D eigenvalue weighted by Crippen LogP contribution is 2.25. The number of likely N-dealkylation sites (N-methyl/N-ethyl adjacent to an activating group) is 1. The molecule has 0 unspecified atom stereocenters. The lowest BCUT2D eigenvalue weighted by Gasteiger charge is -2.31. The van der Waals surface area contributed by atoms with E-state index in [9.17, 15) is 14.0 Å². The minimum atomic E-state index is -0.292. The Hall–Kier alpha value is -3.83. The highest BCUT2D eigenvalue weighted by molar-refractivity contribution is 5.87. The van der Waals surface area contributed by atoms with Gasteiger partial charge < -0.3 is 20.1 Å². The van der Waals surface area contributed by atoms with Crippen molar-refractivity contribution in [3.05, 3.63) is 64.8 Å². The number of benzene rings is 2. The minimum absolute atomic E-state index is 0.0165. The largest absolute Gasteiger partial charge is 0.376 e. The topological polar surface area (TPSA) is 107 Å². The number of aryl methyl sites for hydroxylation is 2. The van der Waals surface area contributed by atoms with Crippen molar-refractivity contribution >= 4 is 17.5 Å². The first-order valence-electron chi connectivity index (χ1n) is 13.1. The number of carbonyl (C=O) groups is 2. The fourth-order valence-corrected chi connectivity index (χ4v) is 4.41. The molecule has 208 valence electrons. The van der Waals surface area contributed by atoms with Crippen molar-refractivity contribution in [3.8, 4) is 11.4 Å². The van der Waals surface area contributed by atoms with Gasteiger partial charge in [-0.25, -0.2) is 9.40 Å². The summed E-state index contributed by atoms with van der Waals surface area (Å²) in [5.41, 5.74) is 4.35. The van der Waals surface area contributed by atoms with Crippen LogP contribution >= 0.6 is 0 Å². The van der Waals surface area contributed by atoms with E-state index in [0.717, 1.165) is 27.9 Å². The van der Waals surface area contributed by atoms with Gasteiger partial charge in [0, 0.05) is 57.4 Å². The quantitative estimate of drug-likeness (QED) is 0.384. The summed E-state index contributed by atoms with van der Waals surface area (Å²) < 4.78 is 18.7.